The normalized spacial score (nSPS) is 24.8. The maximum atomic E-state index is 3.46. The second-order valence-corrected chi connectivity index (χ2v) is 5.75. The van der Waals surface area contributed by atoms with Gasteiger partial charge in [0, 0.05) is 45.3 Å². The number of nitrogens with one attached hydrogen (secondary N) is 1. The topological polar surface area (TPSA) is 21.8 Å². The molecule has 0 radical (unpaired) electrons. The summed E-state index contributed by atoms with van der Waals surface area (Å²) in [7, 11) is 2.23. The molecule has 0 saturated carbocycles. The van der Waals surface area contributed by atoms with Gasteiger partial charge in [-0.05, 0) is 39.5 Å². The van der Waals surface area contributed by atoms with Gasteiger partial charge in [-0.2, -0.15) is 0 Å². The maximum Gasteiger partial charge on any atom is 0.0120 e. The van der Waals surface area contributed by atoms with Crippen molar-refractivity contribution in [2.24, 2.45) is 0 Å². The summed E-state index contributed by atoms with van der Waals surface area (Å²) in [5.74, 6) is 0. The maximum absolute atomic E-state index is 3.46. The van der Waals surface area contributed by atoms with E-state index in [1.165, 1.54) is 71.7 Å². The fraction of sp³-hybridized carbons (Fsp3) is 1.00. The third-order valence-corrected chi connectivity index (χ3v) is 4.53. The second-order valence-electron chi connectivity index (χ2n) is 5.75. The van der Waals surface area contributed by atoms with Gasteiger partial charge in [0.15, 0.2) is 0 Å². The first kappa shape index (κ1) is 14.3. The Hall–Kier alpha value is -0.160. The summed E-state index contributed by atoms with van der Waals surface area (Å²) in [4.78, 5) is 7.75. The lowest BCUT2D eigenvalue weighted by Crippen LogP contribution is -2.49. The van der Waals surface area contributed by atoms with Crippen molar-refractivity contribution in [1.82, 2.24) is 20.0 Å². The first-order valence-corrected chi connectivity index (χ1v) is 7.65. The fourth-order valence-electron chi connectivity index (χ4n) is 3.11. The van der Waals surface area contributed by atoms with E-state index in [9.17, 15) is 0 Å². The van der Waals surface area contributed by atoms with Crippen LogP contribution in [0.25, 0.3) is 0 Å². The van der Waals surface area contributed by atoms with Gasteiger partial charge in [-0.15, -0.1) is 0 Å². The minimum Gasteiger partial charge on any atom is -0.317 e. The van der Waals surface area contributed by atoms with Gasteiger partial charge in [-0.25, -0.2) is 0 Å². The third kappa shape index (κ3) is 4.19. The minimum atomic E-state index is 0.823. The Bertz CT molecular complexity index is 220. The summed E-state index contributed by atoms with van der Waals surface area (Å²) < 4.78 is 0. The van der Waals surface area contributed by atoms with Crippen LogP contribution >= 0.6 is 0 Å². The zero-order chi connectivity index (χ0) is 12.8. The second kappa shape index (κ2) is 7.43. The van der Waals surface area contributed by atoms with Crippen LogP contribution in [-0.2, 0) is 0 Å². The van der Waals surface area contributed by atoms with Gasteiger partial charge in [0.05, 0.1) is 0 Å². The Kier molecular flexibility index (Phi) is 5.89. The lowest BCUT2D eigenvalue weighted by molar-refractivity contribution is 0.112. The molecule has 0 amide bonds. The van der Waals surface area contributed by atoms with Gasteiger partial charge in [-0.3, -0.25) is 9.80 Å². The predicted molar refractivity (Wildman–Crippen MR) is 77.1 cm³/mol. The molecule has 2 fully saturated rings. The van der Waals surface area contributed by atoms with Gasteiger partial charge in [0.2, 0.25) is 0 Å². The highest BCUT2D eigenvalue weighted by molar-refractivity contribution is 4.78. The molecule has 2 aliphatic heterocycles. The predicted octanol–water partition coefficient (Wildman–Crippen LogP) is 0.308. The molecular formula is C14H30N4. The fourth-order valence-corrected chi connectivity index (χ4v) is 3.11. The number of nitrogens with zero attached hydrogens (tertiary/aromatic N) is 3. The zero-order valence-electron chi connectivity index (χ0n) is 12.2. The van der Waals surface area contributed by atoms with Crippen molar-refractivity contribution in [1.29, 1.82) is 0 Å². The number of piperazine rings is 1. The lowest BCUT2D eigenvalue weighted by atomic mass is 10.0. The SMILES string of the molecule is CCN(CCN1CCN(C)CC1)C1CCNCC1. The molecule has 0 atom stereocenters. The van der Waals surface area contributed by atoms with Crippen LogP contribution in [0.3, 0.4) is 0 Å². The van der Waals surface area contributed by atoms with Crippen LogP contribution in [0.2, 0.25) is 0 Å². The Labute approximate surface area is 112 Å². The van der Waals surface area contributed by atoms with E-state index in [0.717, 1.165) is 6.04 Å². The number of hydrogen-bond acceptors (Lipinski definition) is 4. The molecule has 1 N–H and O–H groups in total. The molecule has 0 unspecified atom stereocenters. The monoisotopic (exact) mass is 254 g/mol. The van der Waals surface area contributed by atoms with Gasteiger partial charge in [-0.1, -0.05) is 6.92 Å². The minimum absolute atomic E-state index is 0.823. The summed E-state index contributed by atoms with van der Waals surface area (Å²) in [6.07, 6.45) is 2.66. The average Bonchev–Trinajstić information content (AvgIpc) is 2.43. The summed E-state index contributed by atoms with van der Waals surface area (Å²) in [6.45, 7) is 13.4. The van der Waals surface area contributed by atoms with E-state index in [1.54, 1.807) is 0 Å². The Balaban J connectivity index is 1.69. The van der Waals surface area contributed by atoms with Gasteiger partial charge in [0.25, 0.3) is 0 Å². The highest BCUT2D eigenvalue weighted by atomic mass is 15.3. The highest BCUT2D eigenvalue weighted by Crippen LogP contribution is 2.11. The molecule has 0 bridgehead atoms. The summed E-state index contributed by atoms with van der Waals surface area (Å²) in [6, 6.07) is 0.823. The van der Waals surface area contributed by atoms with Crippen LogP contribution in [0.4, 0.5) is 0 Å². The van der Waals surface area contributed by atoms with Gasteiger partial charge >= 0.3 is 0 Å². The Morgan fingerprint density at radius 2 is 1.78 bits per heavy atom. The van der Waals surface area contributed by atoms with E-state index < -0.39 is 0 Å². The molecule has 18 heavy (non-hydrogen) atoms. The van der Waals surface area contributed by atoms with Crippen LogP contribution in [0.5, 0.6) is 0 Å². The van der Waals surface area contributed by atoms with Crippen molar-refractivity contribution in [3.8, 4) is 0 Å². The van der Waals surface area contributed by atoms with Crippen molar-refractivity contribution in [3.05, 3.63) is 0 Å². The highest BCUT2D eigenvalue weighted by Gasteiger charge is 2.20. The molecule has 0 aliphatic carbocycles. The van der Waals surface area contributed by atoms with Crippen LogP contribution in [0, 0.1) is 0 Å². The van der Waals surface area contributed by atoms with E-state index in [2.05, 4.69) is 34.0 Å². The van der Waals surface area contributed by atoms with Crippen LogP contribution in [-0.4, -0.2) is 86.7 Å². The number of rotatable bonds is 5. The van der Waals surface area contributed by atoms with E-state index in [1.807, 2.05) is 0 Å². The van der Waals surface area contributed by atoms with Gasteiger partial charge < -0.3 is 10.2 Å². The van der Waals surface area contributed by atoms with Crippen molar-refractivity contribution < 1.29 is 0 Å². The molecule has 4 heteroatoms. The average molecular weight is 254 g/mol. The molecule has 0 aromatic rings. The van der Waals surface area contributed by atoms with Crippen molar-refractivity contribution in [3.63, 3.8) is 0 Å². The van der Waals surface area contributed by atoms with E-state index in [-0.39, 0.29) is 0 Å². The molecule has 0 aromatic carbocycles. The first-order valence-electron chi connectivity index (χ1n) is 7.65. The van der Waals surface area contributed by atoms with E-state index in [0.29, 0.717) is 0 Å². The van der Waals surface area contributed by atoms with Crippen molar-refractivity contribution in [2.75, 3.05) is 66.0 Å². The molecule has 2 heterocycles. The van der Waals surface area contributed by atoms with E-state index >= 15 is 0 Å². The van der Waals surface area contributed by atoms with Crippen LogP contribution in [0.1, 0.15) is 19.8 Å². The molecule has 2 saturated heterocycles. The summed E-state index contributed by atoms with van der Waals surface area (Å²) >= 11 is 0. The molecule has 0 aromatic heterocycles. The van der Waals surface area contributed by atoms with Crippen LogP contribution < -0.4 is 5.32 Å². The summed E-state index contributed by atoms with van der Waals surface area (Å²) in [5, 5.41) is 3.46. The Morgan fingerprint density at radius 1 is 1.11 bits per heavy atom. The molecule has 2 rings (SSSR count). The number of likely N-dealkylation sites (N-methyl/N-ethyl adjacent to an activating group) is 2. The number of piperidine rings is 1. The lowest BCUT2D eigenvalue weighted by Gasteiger charge is -2.37. The van der Waals surface area contributed by atoms with Crippen molar-refractivity contribution in [2.45, 2.75) is 25.8 Å². The van der Waals surface area contributed by atoms with E-state index in [4.69, 9.17) is 0 Å². The molecule has 2 aliphatic rings. The molecule has 4 nitrogen and oxygen atoms in total. The molecule has 106 valence electrons. The third-order valence-electron chi connectivity index (χ3n) is 4.53. The molecular weight excluding hydrogens is 224 g/mol. The quantitative estimate of drug-likeness (QED) is 0.762. The zero-order valence-corrected chi connectivity index (χ0v) is 12.2. The standard InChI is InChI=1S/C14H30N4/c1-3-18(14-4-6-15-7-5-14)13-12-17-10-8-16(2)9-11-17/h14-15H,3-13H2,1-2H3. The molecule has 0 spiro atoms. The van der Waals surface area contributed by atoms with Crippen LogP contribution in [0.15, 0.2) is 0 Å². The van der Waals surface area contributed by atoms with Gasteiger partial charge in [0.1, 0.15) is 0 Å². The first-order chi connectivity index (χ1) is 8.79. The Morgan fingerprint density at radius 3 is 2.39 bits per heavy atom. The number of hydrogen-bond donors (Lipinski definition) is 1. The van der Waals surface area contributed by atoms with Crippen molar-refractivity contribution >= 4 is 0 Å². The smallest absolute Gasteiger partial charge is 0.0120 e. The summed E-state index contributed by atoms with van der Waals surface area (Å²) in [5.41, 5.74) is 0. The largest absolute Gasteiger partial charge is 0.317 e.